The van der Waals surface area contributed by atoms with Crippen molar-refractivity contribution in [3.63, 3.8) is 0 Å². The molecular formula is C31H39N3O5. The minimum Gasteiger partial charge on any atom is -0.465 e. The zero-order chi connectivity index (χ0) is 28.5. The fourth-order valence-electron chi connectivity index (χ4n) is 5.67. The van der Waals surface area contributed by atoms with Gasteiger partial charge in [0, 0.05) is 5.54 Å². The van der Waals surface area contributed by atoms with Crippen molar-refractivity contribution in [2.24, 2.45) is 11.8 Å². The third-order valence-electron chi connectivity index (χ3n) is 7.38. The number of nitrogens with one attached hydrogen (secondary N) is 2. The van der Waals surface area contributed by atoms with Crippen LogP contribution in [0.4, 0.5) is 0 Å². The number of ether oxygens (including phenoxy) is 1. The van der Waals surface area contributed by atoms with Gasteiger partial charge in [0.05, 0.1) is 12.7 Å². The fraction of sp³-hybridized carbons (Fsp3) is 0.484. The van der Waals surface area contributed by atoms with Crippen LogP contribution in [-0.4, -0.2) is 53.3 Å². The van der Waals surface area contributed by atoms with Gasteiger partial charge in [-0.1, -0.05) is 50.2 Å². The Morgan fingerprint density at radius 2 is 1.62 bits per heavy atom. The number of rotatable bonds is 7. The lowest BCUT2D eigenvalue weighted by molar-refractivity contribution is -0.158. The molecule has 2 N–H and O–H groups in total. The van der Waals surface area contributed by atoms with Gasteiger partial charge in [0.15, 0.2) is 0 Å². The maximum absolute atomic E-state index is 14.4. The summed E-state index contributed by atoms with van der Waals surface area (Å²) in [5.41, 5.74) is 2.65. The van der Waals surface area contributed by atoms with Crippen LogP contribution in [0.25, 0.3) is 0 Å². The average Bonchev–Trinajstić information content (AvgIpc) is 3.30. The number of methoxy groups -OCH3 is 1. The monoisotopic (exact) mass is 533 g/mol. The van der Waals surface area contributed by atoms with E-state index in [1.807, 2.05) is 46.8 Å². The number of esters is 1. The summed E-state index contributed by atoms with van der Waals surface area (Å²) in [5.74, 6) is -1.37. The molecule has 1 aliphatic carbocycles. The minimum atomic E-state index is -1.05. The van der Waals surface area contributed by atoms with Crippen LogP contribution in [0, 0.1) is 11.8 Å². The van der Waals surface area contributed by atoms with E-state index in [2.05, 4.69) is 22.8 Å². The number of fused-ring (bicyclic) bond motifs is 1. The van der Waals surface area contributed by atoms with Gasteiger partial charge in [-0.05, 0) is 80.7 Å². The second kappa shape index (κ2) is 11.2. The minimum absolute atomic E-state index is 0.102. The van der Waals surface area contributed by atoms with Crippen molar-refractivity contribution < 1.29 is 23.9 Å². The summed E-state index contributed by atoms with van der Waals surface area (Å²) < 4.78 is 4.82. The quantitative estimate of drug-likeness (QED) is 0.530. The molecule has 1 heterocycles. The molecule has 1 saturated heterocycles. The van der Waals surface area contributed by atoms with Gasteiger partial charge < -0.3 is 20.3 Å². The highest BCUT2D eigenvalue weighted by Gasteiger charge is 2.49. The van der Waals surface area contributed by atoms with Crippen LogP contribution in [0.1, 0.15) is 74.1 Å². The zero-order valence-corrected chi connectivity index (χ0v) is 23.6. The van der Waals surface area contributed by atoms with E-state index in [-0.39, 0.29) is 29.6 Å². The zero-order valence-electron chi connectivity index (χ0n) is 23.6. The van der Waals surface area contributed by atoms with Crippen molar-refractivity contribution in [2.75, 3.05) is 7.11 Å². The van der Waals surface area contributed by atoms with Crippen LogP contribution in [0.3, 0.4) is 0 Å². The van der Waals surface area contributed by atoms with Crippen molar-refractivity contribution in [3.05, 3.63) is 70.8 Å². The molecule has 0 aromatic heterocycles. The molecular weight excluding hydrogens is 494 g/mol. The van der Waals surface area contributed by atoms with Gasteiger partial charge >= 0.3 is 5.97 Å². The first-order valence-corrected chi connectivity index (χ1v) is 13.6. The maximum Gasteiger partial charge on any atom is 0.337 e. The molecule has 1 aliphatic heterocycles. The lowest BCUT2D eigenvalue weighted by Gasteiger charge is -2.45. The summed E-state index contributed by atoms with van der Waals surface area (Å²) >= 11 is 0. The second-order valence-corrected chi connectivity index (χ2v) is 12.1. The highest BCUT2D eigenvalue weighted by Crippen LogP contribution is 2.35. The van der Waals surface area contributed by atoms with Crippen LogP contribution < -0.4 is 10.6 Å². The van der Waals surface area contributed by atoms with Crippen molar-refractivity contribution in [2.45, 2.75) is 77.5 Å². The molecule has 0 bridgehead atoms. The first kappa shape index (κ1) is 28.3. The first-order chi connectivity index (χ1) is 18.4. The number of piperazine rings is 1. The molecule has 39 heavy (non-hydrogen) atoms. The molecule has 3 atom stereocenters. The Morgan fingerprint density at radius 1 is 1.03 bits per heavy atom. The van der Waals surface area contributed by atoms with E-state index in [1.54, 1.807) is 24.3 Å². The van der Waals surface area contributed by atoms with Crippen LogP contribution >= 0.6 is 0 Å². The van der Waals surface area contributed by atoms with Gasteiger partial charge in [-0.3, -0.25) is 14.4 Å². The van der Waals surface area contributed by atoms with Crippen LogP contribution in [0.15, 0.2) is 48.5 Å². The summed E-state index contributed by atoms with van der Waals surface area (Å²) in [7, 11) is 1.30. The summed E-state index contributed by atoms with van der Waals surface area (Å²) in [6.07, 6.45) is 1.78. The third-order valence-corrected chi connectivity index (χ3v) is 7.38. The van der Waals surface area contributed by atoms with Crippen molar-refractivity contribution in [1.82, 2.24) is 15.5 Å². The number of nitrogens with zero attached hydrogens (tertiary/aromatic N) is 1. The molecule has 0 saturated carbocycles. The lowest BCUT2D eigenvalue weighted by atomic mass is 9.87. The first-order valence-electron chi connectivity index (χ1n) is 13.6. The maximum atomic E-state index is 14.4. The Morgan fingerprint density at radius 3 is 2.13 bits per heavy atom. The van der Waals surface area contributed by atoms with Gasteiger partial charge in [0.25, 0.3) is 0 Å². The standard InChI is InChI=1S/C31H39N3O5/c1-18(2)15-24-27(35)32-25(23-16-21-9-7-8-10-22(21)17-23)29(37)34(24)26(28(36)33-31(3,4)5)19-11-13-20(14-12-19)30(38)39-6/h7-14,18,23-26H,15-17H2,1-6H3,(H,32,35)(H,33,36)/t24-,25-,26-/m1/s1. The number of carbonyl (C=O) groups is 4. The third kappa shape index (κ3) is 6.15. The Hall–Kier alpha value is -3.68. The van der Waals surface area contributed by atoms with Crippen molar-refractivity contribution in [3.8, 4) is 0 Å². The Kier molecular flexibility index (Phi) is 8.14. The molecule has 3 amide bonds. The Labute approximate surface area is 230 Å². The molecule has 2 aliphatic rings. The van der Waals surface area contributed by atoms with Crippen LogP contribution in [-0.2, 0) is 32.0 Å². The Balaban J connectivity index is 1.77. The molecule has 0 spiro atoms. The molecule has 0 radical (unpaired) electrons. The van der Waals surface area contributed by atoms with Crippen molar-refractivity contribution >= 4 is 23.7 Å². The van der Waals surface area contributed by atoms with E-state index in [1.165, 1.54) is 23.1 Å². The van der Waals surface area contributed by atoms with Crippen molar-refractivity contribution in [1.29, 1.82) is 0 Å². The molecule has 4 rings (SSSR count). The van der Waals surface area contributed by atoms with E-state index >= 15 is 0 Å². The fourth-order valence-corrected chi connectivity index (χ4v) is 5.67. The summed E-state index contributed by atoms with van der Waals surface area (Å²) in [6, 6.07) is 12.0. The van der Waals surface area contributed by atoms with Crippen LogP contribution in [0.2, 0.25) is 0 Å². The number of carbonyl (C=O) groups excluding carboxylic acids is 4. The van der Waals surface area contributed by atoms with E-state index < -0.39 is 29.6 Å². The summed E-state index contributed by atoms with van der Waals surface area (Å²) in [5, 5.41) is 6.05. The van der Waals surface area contributed by atoms with Gasteiger partial charge in [-0.2, -0.15) is 0 Å². The molecule has 0 unspecified atom stereocenters. The predicted octanol–water partition coefficient (Wildman–Crippen LogP) is 3.59. The number of hydrogen-bond donors (Lipinski definition) is 2. The van der Waals surface area contributed by atoms with E-state index in [4.69, 9.17) is 4.74 Å². The van der Waals surface area contributed by atoms with Gasteiger partial charge in [-0.15, -0.1) is 0 Å². The second-order valence-electron chi connectivity index (χ2n) is 12.1. The Bertz CT molecular complexity index is 1220. The highest BCUT2D eigenvalue weighted by molar-refractivity contribution is 6.00. The largest absolute Gasteiger partial charge is 0.465 e. The predicted molar refractivity (Wildman–Crippen MR) is 148 cm³/mol. The number of benzene rings is 2. The van der Waals surface area contributed by atoms with E-state index in [0.717, 1.165) is 0 Å². The van der Waals surface area contributed by atoms with Gasteiger partial charge in [0.1, 0.15) is 18.1 Å². The lowest BCUT2D eigenvalue weighted by Crippen LogP contribution is -2.67. The summed E-state index contributed by atoms with van der Waals surface area (Å²) in [6.45, 7) is 9.60. The number of hydrogen-bond acceptors (Lipinski definition) is 5. The summed E-state index contributed by atoms with van der Waals surface area (Å²) in [4.78, 5) is 55.5. The smallest absolute Gasteiger partial charge is 0.337 e. The molecule has 2 aromatic rings. The molecule has 208 valence electrons. The SMILES string of the molecule is COC(=O)c1ccc([C@H](C(=O)NC(C)(C)C)N2C(=O)[C@@H](C3Cc4ccccc4C3)NC(=O)[C@H]2CC(C)C)cc1. The van der Waals surface area contributed by atoms with Crippen LogP contribution in [0.5, 0.6) is 0 Å². The molecule has 8 heteroatoms. The molecule has 8 nitrogen and oxygen atoms in total. The highest BCUT2D eigenvalue weighted by atomic mass is 16.5. The average molecular weight is 534 g/mol. The van der Waals surface area contributed by atoms with E-state index in [9.17, 15) is 19.2 Å². The van der Waals surface area contributed by atoms with Gasteiger partial charge in [0.2, 0.25) is 17.7 Å². The molecule has 1 fully saturated rings. The normalized spacial score (nSPS) is 20.4. The van der Waals surface area contributed by atoms with E-state index in [0.29, 0.717) is 30.4 Å². The topological polar surface area (TPSA) is 105 Å². The van der Waals surface area contributed by atoms with Gasteiger partial charge in [-0.25, -0.2) is 4.79 Å². The molecule has 2 aromatic carbocycles. The number of amides is 3.